The van der Waals surface area contributed by atoms with E-state index in [1.54, 1.807) is 0 Å². The van der Waals surface area contributed by atoms with E-state index in [0.29, 0.717) is 0 Å². The molecule has 57 heavy (non-hydrogen) atoms. The molecule has 8 aromatic carbocycles. The fourth-order valence-corrected chi connectivity index (χ4v) is 9.64. The Bertz CT molecular complexity index is 3070. The first-order chi connectivity index (χ1) is 28.0. The zero-order valence-electron chi connectivity index (χ0n) is 32.3. The second-order valence-corrected chi connectivity index (χ2v) is 16.1. The molecule has 0 saturated carbocycles. The summed E-state index contributed by atoms with van der Waals surface area (Å²) in [5.41, 5.74) is 17.8. The number of nitrogens with zero attached hydrogens (tertiary/aromatic N) is 2. The van der Waals surface area contributed by atoms with Crippen LogP contribution in [0.25, 0.3) is 66.1 Å². The summed E-state index contributed by atoms with van der Waals surface area (Å²) in [7, 11) is 0. The maximum atomic E-state index is 2.51. The van der Waals surface area contributed by atoms with E-state index in [9.17, 15) is 0 Å². The Labute approximate surface area is 334 Å². The molecule has 1 heterocycles. The van der Waals surface area contributed by atoms with Crippen molar-refractivity contribution >= 4 is 60.9 Å². The van der Waals surface area contributed by atoms with Gasteiger partial charge in [-0.15, -0.1) is 0 Å². The molecule has 2 aliphatic rings. The molecule has 0 bridgehead atoms. The van der Waals surface area contributed by atoms with Crippen molar-refractivity contribution in [3.63, 3.8) is 0 Å². The third kappa shape index (κ3) is 5.39. The molecule has 1 aromatic heterocycles. The van der Waals surface area contributed by atoms with Gasteiger partial charge in [0.25, 0.3) is 0 Å². The van der Waals surface area contributed by atoms with Gasteiger partial charge in [0.05, 0.1) is 11.0 Å². The van der Waals surface area contributed by atoms with E-state index in [2.05, 4.69) is 217 Å². The first-order valence-corrected chi connectivity index (χ1v) is 20.1. The van der Waals surface area contributed by atoms with Crippen molar-refractivity contribution in [3.05, 3.63) is 211 Å². The summed E-state index contributed by atoms with van der Waals surface area (Å²) in [6.45, 7) is 4.70. The minimum atomic E-state index is -0.0728. The van der Waals surface area contributed by atoms with E-state index in [4.69, 9.17) is 0 Å². The predicted octanol–water partition coefficient (Wildman–Crippen LogP) is 15.1. The Kier molecular flexibility index (Phi) is 7.69. The van der Waals surface area contributed by atoms with Crippen molar-refractivity contribution < 1.29 is 0 Å². The van der Waals surface area contributed by atoms with Crippen LogP contribution >= 0.6 is 0 Å². The summed E-state index contributed by atoms with van der Waals surface area (Å²) in [5, 5.41) is 5.16. The first kappa shape index (κ1) is 33.4. The van der Waals surface area contributed by atoms with Crippen LogP contribution in [0.5, 0.6) is 0 Å². The summed E-state index contributed by atoms with van der Waals surface area (Å²) >= 11 is 0. The average Bonchev–Trinajstić information content (AvgIpc) is 3.73. The summed E-state index contributed by atoms with van der Waals surface area (Å²) in [6, 6.07) is 67.0. The zero-order chi connectivity index (χ0) is 38.1. The highest BCUT2D eigenvalue weighted by Gasteiger charge is 2.35. The van der Waals surface area contributed by atoms with Crippen LogP contribution in [-0.4, -0.2) is 4.57 Å². The van der Waals surface area contributed by atoms with E-state index < -0.39 is 0 Å². The van der Waals surface area contributed by atoms with Crippen molar-refractivity contribution in [2.24, 2.45) is 0 Å². The third-order valence-electron chi connectivity index (χ3n) is 12.5. The number of allylic oxidation sites excluding steroid dienone is 4. The standard InChI is InChI=1S/C55H42N2/c1-55(2)50-20-12-11-19-47(50)48-32-31-45(36-51(48)55)56(42-16-7-4-8-17-42)43-27-23-39(24-28-43)41-26-33-52-49(35-41)54-46-18-10-9-15-40(46)25-34-53(54)57(52)44-29-21-38(22-30-44)37-13-5-3-6-14-37/h3-21,23-29,31-36H,22,30H2,1-2H3. The van der Waals surface area contributed by atoms with Crippen molar-refractivity contribution in [1.82, 2.24) is 4.57 Å². The smallest absolute Gasteiger partial charge is 0.0544 e. The van der Waals surface area contributed by atoms with Gasteiger partial charge in [0.1, 0.15) is 0 Å². The Balaban J connectivity index is 1.01. The van der Waals surface area contributed by atoms with Crippen LogP contribution in [0.3, 0.4) is 0 Å². The number of para-hydroxylation sites is 1. The van der Waals surface area contributed by atoms with Crippen LogP contribution in [-0.2, 0) is 5.41 Å². The molecule has 0 atom stereocenters. The molecule has 2 nitrogen and oxygen atoms in total. The summed E-state index contributed by atoms with van der Waals surface area (Å²) in [4.78, 5) is 2.39. The van der Waals surface area contributed by atoms with Crippen molar-refractivity contribution in [3.8, 4) is 22.3 Å². The van der Waals surface area contributed by atoms with Gasteiger partial charge in [0.2, 0.25) is 0 Å². The minimum absolute atomic E-state index is 0.0728. The molecule has 2 heteroatoms. The van der Waals surface area contributed by atoms with Crippen molar-refractivity contribution in [2.75, 3.05) is 4.90 Å². The number of benzene rings is 8. The van der Waals surface area contributed by atoms with Crippen LogP contribution in [0.15, 0.2) is 194 Å². The highest BCUT2D eigenvalue weighted by Crippen LogP contribution is 2.51. The average molecular weight is 731 g/mol. The normalized spacial score (nSPS) is 14.4. The van der Waals surface area contributed by atoms with Crippen molar-refractivity contribution in [1.29, 1.82) is 0 Å². The largest absolute Gasteiger partial charge is 0.313 e. The molecule has 272 valence electrons. The lowest BCUT2D eigenvalue weighted by Crippen LogP contribution is -2.16. The predicted molar refractivity (Wildman–Crippen MR) is 243 cm³/mol. The molecule has 0 spiro atoms. The maximum absolute atomic E-state index is 2.51. The third-order valence-corrected chi connectivity index (χ3v) is 12.5. The van der Waals surface area contributed by atoms with Gasteiger partial charge in [-0.05, 0) is 129 Å². The molecule has 0 radical (unpaired) electrons. The lowest BCUT2D eigenvalue weighted by atomic mass is 9.82. The Hall–Kier alpha value is -6.90. The second-order valence-electron chi connectivity index (χ2n) is 16.1. The quantitative estimate of drug-likeness (QED) is 0.165. The summed E-state index contributed by atoms with van der Waals surface area (Å²) in [6.07, 6.45) is 6.67. The lowest BCUT2D eigenvalue weighted by molar-refractivity contribution is 0.660. The van der Waals surface area contributed by atoms with E-state index >= 15 is 0 Å². The van der Waals surface area contributed by atoms with Gasteiger partial charge >= 0.3 is 0 Å². The molecule has 2 aliphatic carbocycles. The zero-order valence-corrected chi connectivity index (χ0v) is 32.3. The van der Waals surface area contributed by atoms with E-state index in [0.717, 1.165) is 29.9 Å². The second kappa shape index (κ2) is 13.1. The first-order valence-electron chi connectivity index (χ1n) is 20.1. The highest BCUT2D eigenvalue weighted by molar-refractivity contribution is 6.22. The monoisotopic (exact) mass is 730 g/mol. The Morgan fingerprint density at radius 2 is 1.12 bits per heavy atom. The fourth-order valence-electron chi connectivity index (χ4n) is 9.64. The van der Waals surface area contributed by atoms with E-state index in [1.165, 1.54) is 82.8 Å². The molecule has 0 amide bonds. The molecule has 9 aromatic rings. The van der Waals surface area contributed by atoms with E-state index in [1.807, 2.05) is 0 Å². The van der Waals surface area contributed by atoms with Crippen molar-refractivity contribution in [2.45, 2.75) is 32.1 Å². The van der Waals surface area contributed by atoms with Gasteiger partial charge in [0, 0.05) is 38.9 Å². The van der Waals surface area contributed by atoms with Gasteiger partial charge < -0.3 is 9.47 Å². The molecule has 11 rings (SSSR count). The summed E-state index contributed by atoms with van der Waals surface area (Å²) < 4.78 is 2.51. The summed E-state index contributed by atoms with van der Waals surface area (Å²) in [5.74, 6) is 0. The molecular formula is C55H42N2. The van der Waals surface area contributed by atoms with Crippen LogP contribution in [0.2, 0.25) is 0 Å². The molecule has 0 fully saturated rings. The number of anilines is 3. The molecule has 0 unspecified atom stereocenters. The van der Waals surface area contributed by atoms with Gasteiger partial charge in [-0.3, -0.25) is 0 Å². The van der Waals surface area contributed by atoms with Gasteiger partial charge in [-0.2, -0.15) is 0 Å². The van der Waals surface area contributed by atoms with Crippen LogP contribution in [0.4, 0.5) is 17.1 Å². The fraction of sp³-hybridized carbons (Fsp3) is 0.0909. The molecule has 0 N–H and O–H groups in total. The molecular weight excluding hydrogens is 689 g/mol. The number of hydrogen-bond acceptors (Lipinski definition) is 1. The Morgan fingerprint density at radius 1 is 0.456 bits per heavy atom. The van der Waals surface area contributed by atoms with Crippen LogP contribution in [0.1, 0.15) is 43.4 Å². The topological polar surface area (TPSA) is 8.17 Å². The SMILES string of the molecule is CC1(C)c2ccccc2-c2ccc(N(c3ccccc3)c3ccc(-c4ccc5c(c4)c4c6ccccc6ccc4n5C4=CC=C(c5ccccc5)CC4)cc3)cc21. The number of hydrogen-bond donors (Lipinski definition) is 0. The minimum Gasteiger partial charge on any atom is -0.313 e. The van der Waals surface area contributed by atoms with Crippen LogP contribution < -0.4 is 4.90 Å². The molecule has 0 aliphatic heterocycles. The number of aromatic nitrogens is 1. The van der Waals surface area contributed by atoms with E-state index in [-0.39, 0.29) is 5.41 Å². The van der Waals surface area contributed by atoms with Crippen LogP contribution in [0, 0.1) is 0 Å². The Morgan fingerprint density at radius 3 is 1.93 bits per heavy atom. The number of fused-ring (bicyclic) bond motifs is 8. The number of rotatable bonds is 6. The van der Waals surface area contributed by atoms with Gasteiger partial charge in [-0.25, -0.2) is 0 Å². The molecule has 0 saturated heterocycles. The highest BCUT2D eigenvalue weighted by atomic mass is 15.1. The van der Waals surface area contributed by atoms with Gasteiger partial charge in [-0.1, -0.05) is 147 Å². The maximum Gasteiger partial charge on any atom is 0.0544 e. The van der Waals surface area contributed by atoms with Gasteiger partial charge in [0.15, 0.2) is 0 Å². The lowest BCUT2D eigenvalue weighted by Gasteiger charge is -2.28.